The van der Waals surface area contributed by atoms with Crippen molar-refractivity contribution in [1.29, 1.82) is 0 Å². The van der Waals surface area contributed by atoms with Crippen LogP contribution in [0.25, 0.3) is 17.1 Å². The van der Waals surface area contributed by atoms with Crippen molar-refractivity contribution in [3.05, 3.63) is 89.7 Å². The summed E-state index contributed by atoms with van der Waals surface area (Å²) in [6.45, 7) is 2.40. The van der Waals surface area contributed by atoms with E-state index in [9.17, 15) is 18.0 Å². The van der Waals surface area contributed by atoms with Crippen molar-refractivity contribution in [2.45, 2.75) is 32.5 Å². The summed E-state index contributed by atoms with van der Waals surface area (Å²) >= 11 is 5.37. The lowest BCUT2D eigenvalue weighted by atomic mass is 10.0. The molecule has 0 aliphatic carbocycles. The summed E-state index contributed by atoms with van der Waals surface area (Å²) in [6, 6.07) is 18.3. The number of unbranched alkanes of at least 4 members (excludes halogenated alkanes) is 1. The van der Waals surface area contributed by atoms with Crippen LogP contribution >= 0.6 is 12.2 Å². The summed E-state index contributed by atoms with van der Waals surface area (Å²) < 4.78 is 47.7. The third-order valence-corrected chi connectivity index (χ3v) is 6.42. The molecule has 0 bridgehead atoms. The molecule has 0 aliphatic rings. The number of rotatable bonds is 10. The maximum absolute atomic E-state index is 12.4. The number of halogens is 3. The van der Waals surface area contributed by atoms with Crippen LogP contribution in [-0.4, -0.2) is 45.8 Å². The van der Waals surface area contributed by atoms with Gasteiger partial charge < -0.3 is 14.8 Å². The zero-order valence-electron chi connectivity index (χ0n) is 22.4. The second-order valence-corrected chi connectivity index (χ2v) is 9.51. The molecule has 0 aliphatic heterocycles. The molecule has 41 heavy (non-hydrogen) atoms. The van der Waals surface area contributed by atoms with Crippen LogP contribution in [0.3, 0.4) is 0 Å². The van der Waals surface area contributed by atoms with Gasteiger partial charge in [0, 0.05) is 17.7 Å². The highest BCUT2D eigenvalue weighted by Crippen LogP contribution is 2.24. The number of amides is 2. The van der Waals surface area contributed by atoms with E-state index in [1.165, 1.54) is 35.3 Å². The lowest BCUT2D eigenvalue weighted by Gasteiger charge is -2.12. The highest BCUT2D eigenvalue weighted by atomic mass is 32.1. The normalized spacial score (nSPS) is 11.1. The second-order valence-electron chi connectivity index (χ2n) is 9.10. The molecule has 214 valence electrons. The lowest BCUT2D eigenvalue weighted by molar-refractivity contribution is -0.274. The summed E-state index contributed by atoms with van der Waals surface area (Å²) in [5.41, 5.74) is 4.13. The van der Waals surface area contributed by atoms with Crippen LogP contribution in [0, 0.1) is 6.92 Å². The maximum Gasteiger partial charge on any atom is 0.573 e. The van der Waals surface area contributed by atoms with Gasteiger partial charge in [-0.15, -0.1) is 18.3 Å². The number of carbonyl (C=O) groups is 1. The Hall–Kier alpha value is -4.45. The second kappa shape index (κ2) is 13.3. The first-order chi connectivity index (χ1) is 19.6. The molecule has 0 fully saturated rings. The molecule has 2 N–H and O–H groups in total. The van der Waals surface area contributed by atoms with Gasteiger partial charge in [-0.1, -0.05) is 30.4 Å². The zero-order chi connectivity index (χ0) is 29.4. The molecule has 3 aromatic carbocycles. The Morgan fingerprint density at radius 3 is 2.49 bits per heavy atom. The molecule has 0 saturated heterocycles. The van der Waals surface area contributed by atoms with Gasteiger partial charge in [0.05, 0.1) is 12.8 Å². The molecule has 1 heterocycles. The number of nitrogens with zero attached hydrogens (tertiary/aromatic N) is 3. The maximum atomic E-state index is 12.4. The van der Waals surface area contributed by atoms with Crippen molar-refractivity contribution in [2.24, 2.45) is 0 Å². The van der Waals surface area contributed by atoms with Crippen LogP contribution in [0.4, 0.5) is 18.0 Å². The van der Waals surface area contributed by atoms with Gasteiger partial charge in [0.1, 0.15) is 22.8 Å². The molecule has 4 rings (SSSR count). The number of methoxy groups -OCH3 is 1. The van der Waals surface area contributed by atoms with Gasteiger partial charge in [-0.25, -0.2) is 14.5 Å². The summed E-state index contributed by atoms with van der Waals surface area (Å²) in [5, 5.41) is 10.00. The molecule has 0 unspecified atom stereocenters. The third-order valence-electron chi connectivity index (χ3n) is 6.09. The van der Waals surface area contributed by atoms with E-state index in [2.05, 4.69) is 25.5 Å². The Morgan fingerprint density at radius 2 is 1.78 bits per heavy atom. The molecule has 0 radical (unpaired) electrons. The van der Waals surface area contributed by atoms with Crippen LogP contribution in [0.15, 0.2) is 73.1 Å². The molecular weight excluding hydrogens is 555 g/mol. The number of nitrogens with one attached hydrogen (secondary N) is 2. The predicted octanol–water partition coefficient (Wildman–Crippen LogP) is 6.15. The number of alkyl halides is 3. The third kappa shape index (κ3) is 8.52. The van der Waals surface area contributed by atoms with Crippen molar-refractivity contribution in [3.63, 3.8) is 0 Å². The minimum Gasteiger partial charge on any atom is -0.497 e. The van der Waals surface area contributed by atoms with E-state index in [0.717, 1.165) is 47.3 Å². The van der Waals surface area contributed by atoms with Gasteiger partial charge in [0.2, 0.25) is 0 Å². The van der Waals surface area contributed by atoms with Gasteiger partial charge in [-0.3, -0.25) is 5.32 Å². The average molecular weight is 584 g/mol. The number of hydrogen-bond donors (Lipinski definition) is 2. The number of urea groups is 1. The number of aryl methyl sites for hydroxylation is 2. The van der Waals surface area contributed by atoms with E-state index >= 15 is 0 Å². The molecule has 0 saturated carbocycles. The van der Waals surface area contributed by atoms with Gasteiger partial charge in [0.25, 0.3) is 0 Å². The molecule has 4 aromatic rings. The summed E-state index contributed by atoms with van der Waals surface area (Å²) in [5.74, 6) is 0.906. The van der Waals surface area contributed by atoms with E-state index in [0.29, 0.717) is 23.0 Å². The van der Waals surface area contributed by atoms with Gasteiger partial charge >= 0.3 is 12.4 Å². The molecule has 12 heteroatoms. The highest BCUT2D eigenvalue weighted by Gasteiger charge is 2.31. The fraction of sp³-hybridized carbons (Fsp3) is 0.241. The number of benzene rings is 3. The van der Waals surface area contributed by atoms with Gasteiger partial charge in [-0.05, 0) is 85.8 Å². The largest absolute Gasteiger partial charge is 0.573 e. The van der Waals surface area contributed by atoms with Crippen LogP contribution in [0.1, 0.15) is 29.5 Å². The molecular formula is C29H28F3N5O3S. The van der Waals surface area contributed by atoms with E-state index in [1.807, 2.05) is 43.3 Å². The number of hydrogen-bond acceptors (Lipinski definition) is 6. The fourth-order valence-corrected chi connectivity index (χ4v) is 4.40. The Bertz CT molecular complexity index is 1510. The van der Waals surface area contributed by atoms with Crippen molar-refractivity contribution in [2.75, 3.05) is 13.7 Å². The van der Waals surface area contributed by atoms with Crippen molar-refractivity contribution < 1.29 is 27.4 Å². The van der Waals surface area contributed by atoms with E-state index < -0.39 is 6.36 Å². The van der Waals surface area contributed by atoms with Crippen molar-refractivity contribution >= 4 is 23.2 Å². The first-order valence-electron chi connectivity index (χ1n) is 12.7. The molecule has 0 spiro atoms. The monoisotopic (exact) mass is 583 g/mol. The first kappa shape index (κ1) is 29.5. The lowest BCUT2D eigenvalue weighted by Crippen LogP contribution is -2.39. The smallest absolute Gasteiger partial charge is 0.497 e. The molecule has 8 nitrogen and oxygen atoms in total. The van der Waals surface area contributed by atoms with Crippen LogP contribution < -0.4 is 20.1 Å². The average Bonchev–Trinajstić information content (AvgIpc) is 3.43. The first-order valence-corrected chi connectivity index (χ1v) is 13.1. The highest BCUT2D eigenvalue weighted by molar-refractivity contribution is 7.80. The van der Waals surface area contributed by atoms with Crippen molar-refractivity contribution in [3.8, 4) is 28.6 Å². The number of thiocarbonyl (C=S) groups is 1. The van der Waals surface area contributed by atoms with Gasteiger partial charge in [-0.2, -0.15) is 0 Å². The molecule has 0 atom stereocenters. The topological polar surface area (TPSA) is 90.3 Å². The SMILES string of the molecule is COc1ccc(C(=S)NC(=O)NCCCCc2cccc(-c3ncn(-c4ccc(OC(F)(F)F)cc4)n3)c2)c(C)c1. The zero-order valence-corrected chi connectivity index (χ0v) is 23.2. The Balaban J connectivity index is 1.23. The number of aromatic nitrogens is 3. The quantitative estimate of drug-likeness (QED) is 0.172. The summed E-state index contributed by atoms with van der Waals surface area (Å²) in [7, 11) is 1.59. The van der Waals surface area contributed by atoms with E-state index in [-0.39, 0.29) is 11.8 Å². The fourth-order valence-electron chi connectivity index (χ4n) is 4.07. The van der Waals surface area contributed by atoms with Crippen LogP contribution in [0.5, 0.6) is 11.5 Å². The molecule has 1 aromatic heterocycles. The van der Waals surface area contributed by atoms with E-state index in [1.54, 1.807) is 13.2 Å². The van der Waals surface area contributed by atoms with Crippen LogP contribution in [0.2, 0.25) is 0 Å². The number of carbonyl (C=O) groups excluding carboxylic acids is 1. The Labute approximate surface area is 240 Å². The number of ether oxygens (including phenoxy) is 2. The Kier molecular flexibility index (Phi) is 9.56. The van der Waals surface area contributed by atoms with Gasteiger partial charge in [0.15, 0.2) is 5.82 Å². The molecule has 2 amide bonds. The summed E-state index contributed by atoms with van der Waals surface area (Å²) in [6.07, 6.45) is -0.835. The van der Waals surface area contributed by atoms with E-state index in [4.69, 9.17) is 17.0 Å². The minimum absolute atomic E-state index is 0.308. The van der Waals surface area contributed by atoms with Crippen LogP contribution in [-0.2, 0) is 6.42 Å². The Morgan fingerprint density at radius 1 is 1.02 bits per heavy atom. The standard InChI is InChI=1S/C29H28F3N5O3S/c1-19-16-24(39-2)13-14-25(19)27(41)35-28(38)33-15-4-3-6-20-7-5-8-21(17-20)26-34-18-37(36-26)22-9-11-23(12-10-22)40-29(30,31)32/h5,7-14,16-18H,3-4,6,15H2,1-2H3,(H2,33,35,38,41). The van der Waals surface area contributed by atoms with Crippen molar-refractivity contribution in [1.82, 2.24) is 25.4 Å². The predicted molar refractivity (Wildman–Crippen MR) is 152 cm³/mol. The summed E-state index contributed by atoms with van der Waals surface area (Å²) in [4.78, 5) is 17.0. The minimum atomic E-state index is -4.75.